The van der Waals surface area contributed by atoms with Crippen molar-refractivity contribution in [3.8, 4) is 0 Å². The van der Waals surface area contributed by atoms with Crippen LogP contribution in [0.25, 0.3) is 10.9 Å². The van der Waals surface area contributed by atoms with E-state index in [4.69, 9.17) is 10.5 Å². The molecule has 1 atom stereocenters. The minimum Gasteiger partial charge on any atom is -0.381 e. The van der Waals surface area contributed by atoms with Gasteiger partial charge in [-0.1, -0.05) is 0 Å². The summed E-state index contributed by atoms with van der Waals surface area (Å²) in [6, 6.07) is 7.13. The Morgan fingerprint density at radius 2 is 1.93 bits per heavy atom. The zero-order valence-electron chi connectivity index (χ0n) is 17.1. The lowest BCUT2D eigenvalue weighted by molar-refractivity contribution is -0.131. The fraction of sp³-hybridized carbons (Fsp3) is 0.524. The number of aromatic nitrogens is 1. The van der Waals surface area contributed by atoms with Crippen LogP contribution in [0.15, 0.2) is 30.5 Å². The SMILES string of the molecule is CCN(CC)C(=O)Cn1ccc2cc(NC(=O)C(N)C3CCOCC3)ccc21.Cl. The summed E-state index contributed by atoms with van der Waals surface area (Å²) in [5, 5.41) is 3.91. The lowest BCUT2D eigenvalue weighted by Gasteiger charge is -2.26. The van der Waals surface area contributed by atoms with E-state index in [1.54, 1.807) is 0 Å². The van der Waals surface area contributed by atoms with Gasteiger partial charge in [0.2, 0.25) is 11.8 Å². The summed E-state index contributed by atoms with van der Waals surface area (Å²) in [6.07, 6.45) is 3.54. The summed E-state index contributed by atoms with van der Waals surface area (Å²) in [7, 11) is 0. The second-order valence-corrected chi connectivity index (χ2v) is 7.25. The number of halogens is 1. The van der Waals surface area contributed by atoms with Gasteiger partial charge < -0.3 is 25.3 Å². The van der Waals surface area contributed by atoms with Crippen molar-refractivity contribution in [1.29, 1.82) is 0 Å². The second-order valence-electron chi connectivity index (χ2n) is 7.25. The van der Waals surface area contributed by atoms with Crippen LogP contribution in [0.1, 0.15) is 26.7 Å². The average molecular weight is 423 g/mol. The molecule has 0 aliphatic carbocycles. The minimum atomic E-state index is -0.532. The molecule has 3 rings (SSSR count). The molecule has 0 radical (unpaired) electrons. The van der Waals surface area contributed by atoms with Crippen molar-refractivity contribution >= 4 is 40.8 Å². The van der Waals surface area contributed by atoms with Gasteiger partial charge >= 0.3 is 0 Å². The van der Waals surface area contributed by atoms with Crippen molar-refractivity contribution in [2.75, 3.05) is 31.6 Å². The number of fused-ring (bicyclic) bond motifs is 1. The first-order chi connectivity index (χ1) is 13.5. The highest BCUT2D eigenvalue weighted by Gasteiger charge is 2.26. The summed E-state index contributed by atoms with van der Waals surface area (Å²) in [4.78, 5) is 26.7. The Morgan fingerprint density at radius 1 is 1.24 bits per heavy atom. The normalized spacial score (nSPS) is 15.6. The maximum atomic E-state index is 12.5. The molecule has 2 aromatic rings. The molecule has 3 N–H and O–H groups in total. The quantitative estimate of drug-likeness (QED) is 0.717. The van der Waals surface area contributed by atoms with Gasteiger partial charge in [-0.05, 0) is 56.9 Å². The van der Waals surface area contributed by atoms with Crippen molar-refractivity contribution in [2.24, 2.45) is 11.7 Å². The number of carbonyl (C=O) groups excluding carboxylic acids is 2. The molecule has 1 aliphatic rings. The van der Waals surface area contributed by atoms with Gasteiger partial charge in [-0.25, -0.2) is 0 Å². The Hall–Kier alpha value is -2.09. The van der Waals surface area contributed by atoms with Crippen LogP contribution >= 0.6 is 12.4 Å². The van der Waals surface area contributed by atoms with E-state index in [-0.39, 0.29) is 30.1 Å². The number of hydrogen-bond acceptors (Lipinski definition) is 4. The van der Waals surface area contributed by atoms with Crippen molar-refractivity contribution in [2.45, 2.75) is 39.3 Å². The van der Waals surface area contributed by atoms with Crippen LogP contribution in [0.4, 0.5) is 5.69 Å². The van der Waals surface area contributed by atoms with Crippen LogP contribution in [-0.4, -0.2) is 53.6 Å². The van der Waals surface area contributed by atoms with Gasteiger partial charge in [-0.3, -0.25) is 9.59 Å². The fourth-order valence-electron chi connectivity index (χ4n) is 3.75. The standard InChI is InChI=1S/C21H30N4O3.ClH/c1-3-24(4-2)19(26)14-25-10-7-16-13-17(5-6-18(16)25)23-21(27)20(22)15-8-11-28-12-9-15;/h5-7,10,13,15,20H,3-4,8-9,11-12,14,22H2,1-2H3,(H,23,27);1H. The number of ether oxygens (including phenoxy) is 1. The van der Waals surface area contributed by atoms with E-state index in [0.717, 1.165) is 23.7 Å². The molecule has 2 heterocycles. The molecule has 7 nitrogen and oxygen atoms in total. The number of amides is 2. The number of likely N-dealkylation sites (N-methyl/N-ethyl adjacent to an activating group) is 1. The van der Waals surface area contributed by atoms with Crippen molar-refractivity contribution in [3.05, 3.63) is 30.5 Å². The third-order valence-corrected chi connectivity index (χ3v) is 5.54. The number of nitrogens with one attached hydrogen (secondary N) is 1. The number of hydrogen-bond donors (Lipinski definition) is 2. The molecular formula is C21H31ClN4O3. The van der Waals surface area contributed by atoms with Crippen LogP contribution in [0.3, 0.4) is 0 Å². The highest BCUT2D eigenvalue weighted by molar-refractivity contribution is 5.97. The number of nitrogens with zero attached hydrogens (tertiary/aromatic N) is 2. The van der Waals surface area contributed by atoms with Gasteiger partial charge in [-0.15, -0.1) is 12.4 Å². The Labute approximate surface area is 178 Å². The summed E-state index contributed by atoms with van der Waals surface area (Å²) >= 11 is 0. The summed E-state index contributed by atoms with van der Waals surface area (Å²) < 4.78 is 7.28. The number of carbonyl (C=O) groups is 2. The summed E-state index contributed by atoms with van der Waals surface area (Å²) in [5.74, 6) is 0.0920. The van der Waals surface area contributed by atoms with Crippen LogP contribution in [0.5, 0.6) is 0 Å². The third kappa shape index (κ3) is 5.50. The fourth-order valence-corrected chi connectivity index (χ4v) is 3.75. The largest absolute Gasteiger partial charge is 0.381 e. The zero-order chi connectivity index (χ0) is 20.1. The van der Waals surface area contributed by atoms with E-state index in [1.165, 1.54) is 0 Å². The van der Waals surface area contributed by atoms with E-state index in [2.05, 4.69) is 5.32 Å². The first kappa shape index (κ1) is 23.2. The minimum absolute atomic E-state index is 0. The van der Waals surface area contributed by atoms with E-state index < -0.39 is 6.04 Å². The lowest BCUT2D eigenvalue weighted by atomic mass is 9.92. The molecule has 1 saturated heterocycles. The van der Waals surface area contributed by atoms with Gasteiger partial charge in [0.15, 0.2) is 0 Å². The zero-order valence-corrected chi connectivity index (χ0v) is 17.9. The molecular weight excluding hydrogens is 392 g/mol. The van der Waals surface area contributed by atoms with E-state index in [9.17, 15) is 9.59 Å². The second kappa shape index (κ2) is 10.6. The predicted octanol–water partition coefficient (Wildman–Crippen LogP) is 2.62. The lowest BCUT2D eigenvalue weighted by Crippen LogP contribution is -2.43. The van der Waals surface area contributed by atoms with Crippen LogP contribution in [0.2, 0.25) is 0 Å². The van der Waals surface area contributed by atoms with Crippen LogP contribution < -0.4 is 11.1 Å². The highest BCUT2D eigenvalue weighted by atomic mass is 35.5. The number of benzene rings is 1. The Bertz CT molecular complexity index is 828. The Balaban J connectivity index is 0.00000300. The molecule has 1 fully saturated rings. The predicted molar refractivity (Wildman–Crippen MR) is 117 cm³/mol. The average Bonchev–Trinajstić information content (AvgIpc) is 3.11. The molecule has 160 valence electrons. The van der Waals surface area contributed by atoms with Gasteiger partial charge in [0.1, 0.15) is 6.54 Å². The summed E-state index contributed by atoms with van der Waals surface area (Å²) in [6.45, 7) is 7.01. The molecule has 29 heavy (non-hydrogen) atoms. The Morgan fingerprint density at radius 3 is 2.59 bits per heavy atom. The van der Waals surface area contributed by atoms with Gasteiger partial charge in [0.25, 0.3) is 0 Å². The van der Waals surface area contributed by atoms with Gasteiger partial charge in [0, 0.05) is 49.1 Å². The number of nitrogens with two attached hydrogens (primary N) is 1. The molecule has 0 bridgehead atoms. The topological polar surface area (TPSA) is 89.6 Å². The van der Waals surface area contributed by atoms with Gasteiger partial charge in [0.05, 0.1) is 6.04 Å². The molecule has 0 saturated carbocycles. The molecule has 1 aliphatic heterocycles. The number of rotatable bonds is 7. The number of anilines is 1. The van der Waals surface area contributed by atoms with Gasteiger partial charge in [-0.2, -0.15) is 0 Å². The third-order valence-electron chi connectivity index (χ3n) is 5.54. The molecule has 1 unspecified atom stereocenters. The smallest absolute Gasteiger partial charge is 0.242 e. The van der Waals surface area contributed by atoms with Crippen LogP contribution in [0, 0.1) is 5.92 Å². The van der Waals surface area contributed by atoms with E-state index >= 15 is 0 Å². The molecule has 8 heteroatoms. The van der Waals surface area contributed by atoms with E-state index in [0.29, 0.717) is 38.5 Å². The first-order valence-electron chi connectivity index (χ1n) is 10.0. The van der Waals surface area contributed by atoms with Crippen molar-refractivity contribution < 1.29 is 14.3 Å². The maximum absolute atomic E-state index is 12.5. The Kier molecular flexibility index (Phi) is 8.49. The highest BCUT2D eigenvalue weighted by Crippen LogP contribution is 2.22. The van der Waals surface area contributed by atoms with Crippen molar-refractivity contribution in [1.82, 2.24) is 9.47 Å². The summed E-state index contributed by atoms with van der Waals surface area (Å²) in [5.41, 5.74) is 7.83. The molecule has 1 aromatic carbocycles. The first-order valence-corrected chi connectivity index (χ1v) is 10.0. The molecule has 1 aromatic heterocycles. The monoisotopic (exact) mass is 422 g/mol. The van der Waals surface area contributed by atoms with Crippen molar-refractivity contribution in [3.63, 3.8) is 0 Å². The maximum Gasteiger partial charge on any atom is 0.242 e. The van der Waals surface area contributed by atoms with E-state index in [1.807, 2.05) is 53.8 Å². The molecule has 2 amide bonds. The molecule has 0 spiro atoms. The van der Waals surface area contributed by atoms with Crippen LogP contribution in [-0.2, 0) is 20.9 Å².